The van der Waals surface area contributed by atoms with Crippen molar-refractivity contribution in [2.45, 2.75) is 78.2 Å². The van der Waals surface area contributed by atoms with Crippen LogP contribution in [0.4, 0.5) is 17.5 Å². The third kappa shape index (κ3) is 11.0. The smallest absolute Gasteiger partial charge is 0.313 e. The second-order valence-electron chi connectivity index (χ2n) is 23.9. The number of unbranched alkanes of at least 4 members (excludes halogenated alkanes) is 2. The molecular formula is C65H72N14OS3+2. The molecule has 3 aromatic carbocycles. The number of nitrogens with zero attached hydrogens (tertiary/aromatic N) is 11. The van der Waals surface area contributed by atoms with Crippen LogP contribution in [-0.2, 0) is 0 Å². The zero-order valence-corrected chi connectivity index (χ0v) is 50.2. The lowest BCUT2D eigenvalue weighted by Crippen LogP contribution is -2.44. The number of aromatic nitrogens is 9. The summed E-state index contributed by atoms with van der Waals surface area (Å²) in [6.07, 6.45) is 15.0. The Morgan fingerprint density at radius 3 is 1.75 bits per heavy atom. The first-order chi connectivity index (χ1) is 40.5. The second-order valence-corrected chi connectivity index (χ2v) is 27.1. The van der Waals surface area contributed by atoms with E-state index in [1.807, 2.05) is 10.7 Å². The zero-order valence-electron chi connectivity index (χ0n) is 47.8. The van der Waals surface area contributed by atoms with Gasteiger partial charge in [0.05, 0.1) is 20.8 Å². The Morgan fingerprint density at radius 2 is 1.13 bits per heavy atom. The first-order valence-corrected chi connectivity index (χ1v) is 32.1. The molecule has 9 aromatic heterocycles. The van der Waals surface area contributed by atoms with Crippen molar-refractivity contribution in [1.82, 2.24) is 43.6 Å². The number of nitrogens with one attached hydrogen (secondary N) is 3. The molecule has 1 saturated heterocycles. The fourth-order valence-corrected chi connectivity index (χ4v) is 15.5. The van der Waals surface area contributed by atoms with Gasteiger partial charge in [0.15, 0.2) is 17.3 Å². The van der Waals surface area contributed by atoms with Gasteiger partial charge in [-0.05, 0) is 177 Å². The van der Waals surface area contributed by atoms with Crippen molar-refractivity contribution in [2.75, 3.05) is 75.4 Å². The van der Waals surface area contributed by atoms with E-state index in [2.05, 4.69) is 199 Å². The molecule has 14 rings (SSSR count). The van der Waals surface area contributed by atoms with Crippen LogP contribution in [0, 0.1) is 11.3 Å². The van der Waals surface area contributed by atoms with E-state index >= 15 is 0 Å². The number of fused-ring (bicyclic) bond motifs is 6. The number of aliphatic hydroxyl groups is 1. The summed E-state index contributed by atoms with van der Waals surface area (Å²) in [6.45, 7) is 14.6. The zero-order chi connectivity index (χ0) is 56.2. The Bertz CT molecular complexity index is 4260. The van der Waals surface area contributed by atoms with Gasteiger partial charge in [-0.3, -0.25) is 0 Å². The van der Waals surface area contributed by atoms with Crippen LogP contribution in [0.15, 0.2) is 134 Å². The number of imidazole rings is 3. The van der Waals surface area contributed by atoms with E-state index in [1.54, 1.807) is 34.0 Å². The molecule has 1 aliphatic heterocycles. The SMILES string of the molecule is CN1CCN(CCCNc2ccc3n(n2)c(-c2cc4ccccc4s2)c[n+]3-c2ccc3sc(-c4c[n+](-c5ccc6sc(-c7cnc8ccc(NC9CCC(C(C)(C)C)CC9)nn78)cc6c5)c5ccc(NCCCCCO)nn45)cc3c2)CC1. The maximum absolute atomic E-state index is 9.41. The summed E-state index contributed by atoms with van der Waals surface area (Å²) in [5.74, 6) is 3.34. The lowest BCUT2D eigenvalue weighted by atomic mass is 9.71. The van der Waals surface area contributed by atoms with Crippen LogP contribution in [0.1, 0.15) is 72.1 Å². The first-order valence-electron chi connectivity index (χ1n) is 29.6. The van der Waals surface area contributed by atoms with E-state index in [4.69, 9.17) is 20.3 Å². The fraction of sp³-hybridized carbons (Fsp3) is 0.354. The van der Waals surface area contributed by atoms with Crippen LogP contribution >= 0.6 is 34.0 Å². The van der Waals surface area contributed by atoms with Gasteiger partial charge in [0.25, 0.3) is 0 Å². The van der Waals surface area contributed by atoms with E-state index in [9.17, 15) is 5.11 Å². The average molecular weight is 1160 g/mol. The lowest BCUT2D eigenvalue weighted by molar-refractivity contribution is -0.566. The van der Waals surface area contributed by atoms with Gasteiger partial charge < -0.3 is 30.9 Å². The molecule has 0 atom stereocenters. The summed E-state index contributed by atoms with van der Waals surface area (Å²) in [4.78, 5) is 13.2. The number of hydrogen-bond donors (Lipinski definition) is 4. The molecule has 12 aromatic rings. The summed E-state index contributed by atoms with van der Waals surface area (Å²) >= 11 is 5.35. The molecular weight excluding hydrogens is 1090 g/mol. The molecule has 0 bridgehead atoms. The van der Waals surface area contributed by atoms with Crippen LogP contribution in [-0.4, -0.2) is 114 Å². The van der Waals surface area contributed by atoms with Crippen LogP contribution < -0.4 is 25.1 Å². The van der Waals surface area contributed by atoms with Gasteiger partial charge in [-0.2, -0.15) is 9.13 Å². The molecule has 424 valence electrons. The van der Waals surface area contributed by atoms with Gasteiger partial charge in [0, 0.05) is 78.1 Å². The summed E-state index contributed by atoms with van der Waals surface area (Å²) in [6, 6.07) is 42.2. The van der Waals surface area contributed by atoms with Crippen molar-refractivity contribution >= 4 is 98.7 Å². The molecule has 15 nitrogen and oxygen atoms in total. The third-order valence-corrected chi connectivity index (χ3v) is 20.6. The topological polar surface area (TPSA) is 135 Å². The maximum Gasteiger partial charge on any atom is 0.313 e. The highest BCUT2D eigenvalue weighted by atomic mass is 32.1. The summed E-state index contributed by atoms with van der Waals surface area (Å²) in [7, 11) is 2.21. The molecule has 0 radical (unpaired) electrons. The first kappa shape index (κ1) is 53.7. The van der Waals surface area contributed by atoms with Gasteiger partial charge in [-0.25, -0.2) is 9.50 Å². The number of anilines is 3. The minimum absolute atomic E-state index is 0.212. The Hall–Kier alpha value is -7.32. The summed E-state index contributed by atoms with van der Waals surface area (Å²) in [5.41, 5.74) is 8.29. The van der Waals surface area contributed by atoms with Gasteiger partial charge in [-0.1, -0.05) is 58.2 Å². The summed E-state index contributed by atoms with van der Waals surface area (Å²) < 4.78 is 14.4. The van der Waals surface area contributed by atoms with Crippen molar-refractivity contribution in [2.24, 2.45) is 11.3 Å². The van der Waals surface area contributed by atoms with Gasteiger partial charge >= 0.3 is 11.3 Å². The van der Waals surface area contributed by atoms with Crippen molar-refractivity contribution in [3.63, 3.8) is 0 Å². The highest BCUT2D eigenvalue weighted by Gasteiger charge is 2.31. The van der Waals surface area contributed by atoms with Crippen LogP contribution in [0.2, 0.25) is 0 Å². The van der Waals surface area contributed by atoms with E-state index in [-0.39, 0.29) is 6.61 Å². The van der Waals surface area contributed by atoms with E-state index in [1.165, 1.54) is 37.2 Å². The van der Waals surface area contributed by atoms with E-state index in [0.29, 0.717) is 11.5 Å². The summed E-state index contributed by atoms with van der Waals surface area (Å²) in [5, 5.41) is 39.6. The molecule has 10 heterocycles. The number of benzene rings is 3. The average Bonchev–Trinajstić information content (AvgIpc) is 2.92. The number of aliphatic hydroxyl groups excluding tert-OH is 1. The Morgan fingerprint density at radius 1 is 0.566 bits per heavy atom. The van der Waals surface area contributed by atoms with Crippen molar-refractivity contribution in [3.8, 4) is 43.1 Å². The van der Waals surface area contributed by atoms with Gasteiger partial charge in [-0.15, -0.1) is 39.1 Å². The molecule has 1 aliphatic carbocycles. The Labute approximate surface area is 495 Å². The standard InChI is InChI=1S/C65H72N14OS3/c1-65(2,3)46-13-15-47(16-14-46)69-61-21-24-62-68-40-50(77(62)72-61)56-38-44-35-48(17-19-54(44)82-56)76-42-52(79-64(76)25-22-59(70-79)66-27-8-5-9-34-80)58-39-45-36-49(18-20-55(45)83-58)75-41-51(57-37-43-11-6-7-12-53(43)81-57)78-63(75)26-23-60(71-78)67-28-10-29-74-32-30-73(4)31-33-74/h6-7,11-12,17-26,35-42,46-47,80H,5,8-10,13-16,27-34H2,1-4H3,(H,66,70)(H,67,71)(H,69,72)/q+2. The van der Waals surface area contributed by atoms with Crippen LogP contribution in [0.3, 0.4) is 0 Å². The van der Waals surface area contributed by atoms with E-state index < -0.39 is 0 Å². The minimum Gasteiger partial charge on any atom is -0.396 e. The number of piperazine rings is 1. The minimum atomic E-state index is 0.212. The van der Waals surface area contributed by atoms with Crippen LogP contribution in [0.25, 0.3) is 90.3 Å². The van der Waals surface area contributed by atoms with Crippen molar-refractivity contribution in [1.29, 1.82) is 0 Å². The van der Waals surface area contributed by atoms with Gasteiger partial charge in [0.1, 0.15) is 35.3 Å². The fourth-order valence-electron chi connectivity index (χ4n) is 12.3. The van der Waals surface area contributed by atoms with Crippen molar-refractivity contribution in [3.05, 3.63) is 134 Å². The Balaban J connectivity index is 0.777. The quantitative estimate of drug-likeness (QED) is 0.0486. The largest absolute Gasteiger partial charge is 0.396 e. The highest BCUT2D eigenvalue weighted by molar-refractivity contribution is 7.23. The normalized spacial score (nSPS) is 16.6. The van der Waals surface area contributed by atoms with Crippen LogP contribution in [0.5, 0.6) is 0 Å². The maximum atomic E-state index is 9.41. The molecule has 2 fully saturated rings. The second kappa shape index (κ2) is 22.7. The number of likely N-dealkylation sites (N-methyl/N-ethyl adjacent to an activating group) is 1. The van der Waals surface area contributed by atoms with Crippen molar-refractivity contribution < 1.29 is 14.2 Å². The monoisotopic (exact) mass is 1160 g/mol. The predicted octanol–water partition coefficient (Wildman–Crippen LogP) is 12.9. The van der Waals surface area contributed by atoms with E-state index in [0.717, 1.165) is 174 Å². The van der Waals surface area contributed by atoms with Gasteiger partial charge in [0.2, 0.25) is 11.4 Å². The molecule has 83 heavy (non-hydrogen) atoms. The lowest BCUT2D eigenvalue weighted by Gasteiger charge is -2.37. The predicted molar refractivity (Wildman–Crippen MR) is 341 cm³/mol. The molecule has 1 saturated carbocycles. The number of hydrogen-bond acceptors (Lipinski definition) is 13. The molecule has 2 aliphatic rings. The molecule has 18 heteroatoms. The third-order valence-electron chi connectivity index (χ3n) is 17.2. The number of rotatable bonds is 18. The molecule has 0 amide bonds. The Kier molecular flexibility index (Phi) is 14.7. The molecule has 0 spiro atoms. The molecule has 0 unspecified atom stereocenters. The molecule has 4 N–H and O–H groups in total. The highest BCUT2D eigenvalue weighted by Crippen LogP contribution is 2.40. The number of thiophene rings is 3.